The Bertz CT molecular complexity index is 1100. The van der Waals surface area contributed by atoms with E-state index in [0.29, 0.717) is 23.6 Å². The molecular formula is C23H30ClFN4O4S. The van der Waals surface area contributed by atoms with Crippen molar-refractivity contribution in [2.24, 2.45) is 0 Å². The lowest BCUT2D eigenvalue weighted by Gasteiger charge is -2.34. The van der Waals surface area contributed by atoms with Gasteiger partial charge in [0, 0.05) is 32.2 Å². The molecule has 0 bridgehead atoms. The van der Waals surface area contributed by atoms with Crippen LogP contribution in [0.4, 0.5) is 10.1 Å². The van der Waals surface area contributed by atoms with Gasteiger partial charge >= 0.3 is 10.2 Å². The molecule has 186 valence electrons. The van der Waals surface area contributed by atoms with E-state index >= 15 is 0 Å². The minimum absolute atomic E-state index is 0.00736. The second kappa shape index (κ2) is 12.1. The van der Waals surface area contributed by atoms with E-state index in [9.17, 15) is 22.4 Å². The molecule has 0 heterocycles. The third-order valence-corrected chi connectivity index (χ3v) is 7.36. The van der Waals surface area contributed by atoms with Gasteiger partial charge in [0.05, 0.1) is 5.69 Å². The first-order chi connectivity index (χ1) is 16.0. The maximum Gasteiger partial charge on any atom is 0.304 e. The van der Waals surface area contributed by atoms with E-state index in [4.69, 9.17) is 11.6 Å². The molecule has 0 saturated carbocycles. The average Bonchev–Trinajstić information content (AvgIpc) is 2.79. The standard InChI is InChI=1S/C23H30ClFN4O4S/c1-5-21(23(31)26-6-2)28(15-17-9-7-8-10-20(17)24)22(30)16-29(34(32,33)27(3)4)19-13-11-18(25)12-14-19/h7-14,21H,5-6,15-16H2,1-4H3,(H,26,31)/t21-/m1/s1. The van der Waals surface area contributed by atoms with E-state index in [0.717, 1.165) is 20.7 Å². The predicted octanol–water partition coefficient (Wildman–Crippen LogP) is 3.04. The molecule has 1 N–H and O–H groups in total. The van der Waals surface area contributed by atoms with Gasteiger partial charge in [0.2, 0.25) is 11.8 Å². The van der Waals surface area contributed by atoms with Crippen LogP contribution in [0.2, 0.25) is 5.02 Å². The molecule has 0 saturated heterocycles. The maximum atomic E-state index is 13.6. The van der Waals surface area contributed by atoms with E-state index in [2.05, 4.69) is 5.32 Å². The fourth-order valence-electron chi connectivity index (χ4n) is 3.35. The zero-order chi connectivity index (χ0) is 25.5. The van der Waals surface area contributed by atoms with Gasteiger partial charge in [0.1, 0.15) is 18.4 Å². The number of hydrogen-bond acceptors (Lipinski definition) is 4. The lowest BCUT2D eigenvalue weighted by Crippen LogP contribution is -2.53. The van der Waals surface area contributed by atoms with Gasteiger partial charge in [-0.25, -0.2) is 8.70 Å². The summed E-state index contributed by atoms with van der Waals surface area (Å²) < 4.78 is 41.4. The van der Waals surface area contributed by atoms with Crippen LogP contribution in [0.25, 0.3) is 0 Å². The van der Waals surface area contributed by atoms with Crippen molar-refractivity contribution in [2.75, 3.05) is 31.5 Å². The SMILES string of the molecule is CCNC(=O)[C@@H](CC)N(Cc1ccccc1Cl)C(=O)CN(c1ccc(F)cc1)S(=O)(=O)N(C)C. The zero-order valence-corrected chi connectivity index (χ0v) is 21.2. The number of hydrogen-bond donors (Lipinski definition) is 1. The third-order valence-electron chi connectivity index (χ3n) is 5.17. The highest BCUT2D eigenvalue weighted by Gasteiger charge is 2.33. The van der Waals surface area contributed by atoms with Gasteiger partial charge < -0.3 is 10.2 Å². The summed E-state index contributed by atoms with van der Waals surface area (Å²) in [7, 11) is -1.44. The second-order valence-electron chi connectivity index (χ2n) is 7.70. The molecule has 1 atom stereocenters. The van der Waals surface area contributed by atoms with Crippen molar-refractivity contribution in [1.29, 1.82) is 0 Å². The van der Waals surface area contributed by atoms with Crippen LogP contribution < -0.4 is 9.62 Å². The summed E-state index contributed by atoms with van der Waals surface area (Å²) in [6, 6.07) is 10.9. The summed E-state index contributed by atoms with van der Waals surface area (Å²) in [5.41, 5.74) is 0.733. The van der Waals surface area contributed by atoms with Crippen molar-refractivity contribution >= 4 is 39.3 Å². The Hall–Kier alpha value is -2.69. The van der Waals surface area contributed by atoms with Gasteiger partial charge in [-0.3, -0.25) is 9.59 Å². The molecule has 2 rings (SSSR count). The molecule has 0 unspecified atom stereocenters. The Labute approximate surface area is 205 Å². The lowest BCUT2D eigenvalue weighted by atomic mass is 10.1. The fraction of sp³-hybridized carbons (Fsp3) is 0.391. The van der Waals surface area contributed by atoms with E-state index in [1.54, 1.807) is 38.1 Å². The summed E-state index contributed by atoms with van der Waals surface area (Å²) in [6.45, 7) is 3.33. The van der Waals surface area contributed by atoms with Crippen molar-refractivity contribution in [3.63, 3.8) is 0 Å². The van der Waals surface area contributed by atoms with Crippen molar-refractivity contribution in [2.45, 2.75) is 32.9 Å². The number of rotatable bonds is 11. The smallest absolute Gasteiger partial charge is 0.304 e. The van der Waals surface area contributed by atoms with Crippen molar-refractivity contribution in [1.82, 2.24) is 14.5 Å². The topological polar surface area (TPSA) is 90.0 Å². The molecular weight excluding hydrogens is 483 g/mol. The van der Waals surface area contributed by atoms with E-state index in [1.165, 1.54) is 31.1 Å². The molecule has 2 aromatic rings. The van der Waals surface area contributed by atoms with Gasteiger partial charge in [-0.05, 0) is 49.2 Å². The zero-order valence-electron chi connectivity index (χ0n) is 19.7. The number of nitrogens with one attached hydrogen (secondary N) is 1. The highest BCUT2D eigenvalue weighted by Crippen LogP contribution is 2.23. The van der Waals surface area contributed by atoms with Crippen LogP contribution in [-0.2, 0) is 26.3 Å². The van der Waals surface area contributed by atoms with Gasteiger partial charge in [-0.1, -0.05) is 36.7 Å². The highest BCUT2D eigenvalue weighted by molar-refractivity contribution is 7.90. The van der Waals surface area contributed by atoms with Gasteiger partial charge in [-0.15, -0.1) is 0 Å². The van der Waals surface area contributed by atoms with Crippen LogP contribution in [0.3, 0.4) is 0 Å². The predicted molar refractivity (Wildman–Crippen MR) is 131 cm³/mol. The largest absolute Gasteiger partial charge is 0.355 e. The number of likely N-dealkylation sites (N-methyl/N-ethyl adjacent to an activating group) is 1. The number of benzene rings is 2. The number of nitrogens with zero attached hydrogens (tertiary/aromatic N) is 3. The molecule has 0 radical (unpaired) electrons. The number of carbonyl (C=O) groups is 2. The van der Waals surface area contributed by atoms with Crippen LogP contribution in [0.1, 0.15) is 25.8 Å². The van der Waals surface area contributed by atoms with Crippen LogP contribution in [0.15, 0.2) is 48.5 Å². The fourth-order valence-corrected chi connectivity index (χ4v) is 4.60. The molecule has 2 aromatic carbocycles. The Balaban J connectivity index is 2.50. The first-order valence-electron chi connectivity index (χ1n) is 10.8. The summed E-state index contributed by atoms with van der Waals surface area (Å²) in [5, 5.41) is 3.14. The molecule has 0 aliphatic carbocycles. The average molecular weight is 513 g/mol. The second-order valence-corrected chi connectivity index (χ2v) is 10.2. The number of halogens is 2. The molecule has 0 aliphatic heterocycles. The minimum Gasteiger partial charge on any atom is -0.355 e. The minimum atomic E-state index is -4.11. The van der Waals surface area contributed by atoms with Gasteiger partial charge in [-0.2, -0.15) is 12.7 Å². The number of carbonyl (C=O) groups excluding carboxylic acids is 2. The van der Waals surface area contributed by atoms with Gasteiger partial charge in [0.15, 0.2) is 0 Å². The monoisotopic (exact) mass is 512 g/mol. The van der Waals surface area contributed by atoms with E-state index in [-0.39, 0.29) is 18.1 Å². The van der Waals surface area contributed by atoms with Crippen LogP contribution in [0, 0.1) is 5.82 Å². The number of amides is 2. The number of anilines is 1. The van der Waals surface area contributed by atoms with Crippen molar-refractivity contribution in [3.05, 3.63) is 64.9 Å². The molecule has 0 aliphatic rings. The normalized spacial score (nSPS) is 12.3. The van der Waals surface area contributed by atoms with Crippen LogP contribution in [0.5, 0.6) is 0 Å². The Morgan fingerprint density at radius 2 is 1.68 bits per heavy atom. The first kappa shape index (κ1) is 27.6. The molecule has 0 fully saturated rings. The Kier molecular flexibility index (Phi) is 9.84. The maximum absolute atomic E-state index is 13.6. The van der Waals surface area contributed by atoms with Crippen molar-refractivity contribution < 1.29 is 22.4 Å². The highest BCUT2D eigenvalue weighted by atomic mass is 35.5. The van der Waals surface area contributed by atoms with Gasteiger partial charge in [0.25, 0.3) is 0 Å². The summed E-state index contributed by atoms with van der Waals surface area (Å²) in [5.74, 6) is -1.50. The molecule has 0 aromatic heterocycles. The molecule has 11 heteroatoms. The lowest BCUT2D eigenvalue weighted by molar-refractivity contribution is -0.140. The molecule has 0 spiro atoms. The Morgan fingerprint density at radius 3 is 2.21 bits per heavy atom. The Morgan fingerprint density at radius 1 is 1.06 bits per heavy atom. The summed E-state index contributed by atoms with van der Waals surface area (Å²) in [6.07, 6.45) is 0.305. The van der Waals surface area contributed by atoms with E-state index < -0.39 is 34.5 Å². The third kappa shape index (κ3) is 6.68. The van der Waals surface area contributed by atoms with E-state index in [1.807, 2.05) is 0 Å². The van der Waals surface area contributed by atoms with Crippen LogP contribution in [-0.4, -0.2) is 62.7 Å². The van der Waals surface area contributed by atoms with Crippen molar-refractivity contribution in [3.8, 4) is 0 Å². The quantitative estimate of drug-likeness (QED) is 0.501. The molecule has 2 amide bonds. The first-order valence-corrected chi connectivity index (χ1v) is 12.6. The molecule has 34 heavy (non-hydrogen) atoms. The van der Waals surface area contributed by atoms with Crippen LogP contribution >= 0.6 is 11.6 Å². The summed E-state index contributed by atoms with van der Waals surface area (Å²) in [4.78, 5) is 27.7. The summed E-state index contributed by atoms with van der Waals surface area (Å²) >= 11 is 6.31. The molecule has 8 nitrogen and oxygen atoms in total.